The van der Waals surface area contributed by atoms with E-state index in [1.165, 1.54) is 23.7 Å². The molecule has 7 nitrogen and oxygen atoms in total. The Morgan fingerprint density at radius 1 is 1.65 bits per heavy atom. The summed E-state index contributed by atoms with van der Waals surface area (Å²) in [6, 6.07) is 1.39. The van der Waals surface area contributed by atoms with Gasteiger partial charge in [0.15, 0.2) is 5.03 Å². The maximum atomic E-state index is 12.1. The Labute approximate surface area is 98.8 Å². The molecule has 17 heavy (non-hydrogen) atoms. The molecule has 0 aliphatic carbocycles. The number of ether oxygens (including phenoxy) is 1. The molecular formula is C9H13N3O4S. The number of H-pyrrole nitrogens is 1. The molecule has 1 unspecified atom stereocenters. The van der Waals surface area contributed by atoms with Crippen molar-refractivity contribution in [3.05, 3.63) is 12.3 Å². The van der Waals surface area contributed by atoms with Crippen molar-refractivity contribution >= 4 is 16.0 Å². The SMILES string of the molecule is COC(=O)C1CCN(S(=O)(=O)c2ccn[nH]2)C1. The molecule has 1 aromatic heterocycles. The van der Waals surface area contributed by atoms with Gasteiger partial charge in [-0.1, -0.05) is 0 Å². The number of hydrogen-bond donors (Lipinski definition) is 1. The second kappa shape index (κ2) is 4.46. The van der Waals surface area contributed by atoms with E-state index in [0.29, 0.717) is 13.0 Å². The van der Waals surface area contributed by atoms with Crippen molar-refractivity contribution in [3.8, 4) is 0 Å². The molecule has 1 aliphatic rings. The van der Waals surface area contributed by atoms with Crippen LogP contribution in [0.25, 0.3) is 0 Å². The predicted octanol–water partition coefficient (Wildman–Crippen LogP) is -0.407. The van der Waals surface area contributed by atoms with Crippen molar-refractivity contribution in [1.82, 2.24) is 14.5 Å². The maximum Gasteiger partial charge on any atom is 0.310 e. The number of methoxy groups -OCH3 is 1. The lowest BCUT2D eigenvalue weighted by molar-refractivity contribution is -0.144. The number of aromatic amines is 1. The monoisotopic (exact) mass is 259 g/mol. The topological polar surface area (TPSA) is 92.4 Å². The number of esters is 1. The van der Waals surface area contributed by atoms with Crippen LogP contribution in [0.1, 0.15) is 6.42 Å². The fourth-order valence-electron chi connectivity index (χ4n) is 1.83. The number of aromatic nitrogens is 2. The van der Waals surface area contributed by atoms with Crippen molar-refractivity contribution < 1.29 is 17.9 Å². The third-order valence-electron chi connectivity index (χ3n) is 2.78. The molecule has 0 amide bonds. The Morgan fingerprint density at radius 2 is 2.41 bits per heavy atom. The molecule has 0 aromatic carbocycles. The number of carbonyl (C=O) groups excluding carboxylic acids is 1. The first-order valence-electron chi connectivity index (χ1n) is 5.13. The zero-order chi connectivity index (χ0) is 12.5. The maximum absolute atomic E-state index is 12.1. The Kier molecular flexibility index (Phi) is 3.16. The molecular weight excluding hydrogens is 246 g/mol. The molecule has 1 fully saturated rings. The summed E-state index contributed by atoms with van der Waals surface area (Å²) in [5, 5.41) is 6.07. The number of carbonyl (C=O) groups is 1. The lowest BCUT2D eigenvalue weighted by atomic mass is 10.1. The zero-order valence-electron chi connectivity index (χ0n) is 9.29. The van der Waals surface area contributed by atoms with Crippen molar-refractivity contribution in [2.45, 2.75) is 11.4 Å². The summed E-state index contributed by atoms with van der Waals surface area (Å²) in [6.45, 7) is 0.481. The molecule has 2 heterocycles. The van der Waals surface area contributed by atoms with Gasteiger partial charge in [0.25, 0.3) is 10.0 Å². The van der Waals surface area contributed by atoms with Gasteiger partial charge < -0.3 is 4.74 Å². The first-order chi connectivity index (χ1) is 8.05. The van der Waals surface area contributed by atoms with E-state index in [2.05, 4.69) is 14.9 Å². The van der Waals surface area contributed by atoms with E-state index < -0.39 is 10.0 Å². The Balaban J connectivity index is 2.14. The van der Waals surface area contributed by atoms with Crippen LogP contribution in [0.2, 0.25) is 0 Å². The molecule has 0 radical (unpaired) electrons. The second-order valence-electron chi connectivity index (χ2n) is 3.79. The van der Waals surface area contributed by atoms with Gasteiger partial charge in [0.2, 0.25) is 0 Å². The molecule has 1 aliphatic heterocycles. The molecule has 1 aromatic rings. The van der Waals surface area contributed by atoms with Gasteiger partial charge in [-0.3, -0.25) is 9.89 Å². The minimum absolute atomic E-state index is 0.0445. The molecule has 2 rings (SSSR count). The van der Waals surface area contributed by atoms with Crippen LogP contribution in [0, 0.1) is 5.92 Å². The highest BCUT2D eigenvalue weighted by Gasteiger charge is 2.36. The summed E-state index contributed by atoms with van der Waals surface area (Å²) in [5.74, 6) is -0.745. The van der Waals surface area contributed by atoms with Crippen molar-refractivity contribution in [2.24, 2.45) is 5.92 Å². The summed E-state index contributed by atoms with van der Waals surface area (Å²) in [5.41, 5.74) is 0. The molecule has 1 N–H and O–H groups in total. The van der Waals surface area contributed by atoms with Crippen LogP contribution in [-0.4, -0.2) is 49.1 Å². The van der Waals surface area contributed by atoms with Crippen molar-refractivity contribution in [1.29, 1.82) is 0 Å². The zero-order valence-corrected chi connectivity index (χ0v) is 10.1. The van der Waals surface area contributed by atoms with E-state index >= 15 is 0 Å². The van der Waals surface area contributed by atoms with E-state index in [9.17, 15) is 13.2 Å². The van der Waals surface area contributed by atoms with Gasteiger partial charge in [0.05, 0.1) is 19.2 Å². The van der Waals surface area contributed by atoms with Crippen LogP contribution in [0.4, 0.5) is 0 Å². The van der Waals surface area contributed by atoms with Gasteiger partial charge in [-0.15, -0.1) is 0 Å². The lowest BCUT2D eigenvalue weighted by Gasteiger charge is -2.14. The number of rotatable bonds is 3. The van der Waals surface area contributed by atoms with Crippen LogP contribution >= 0.6 is 0 Å². The van der Waals surface area contributed by atoms with Crippen LogP contribution in [0.5, 0.6) is 0 Å². The van der Waals surface area contributed by atoms with Crippen LogP contribution in [-0.2, 0) is 19.6 Å². The number of hydrogen-bond acceptors (Lipinski definition) is 5. The Bertz CT molecular complexity index is 496. The van der Waals surface area contributed by atoms with Gasteiger partial charge in [0, 0.05) is 13.1 Å². The van der Waals surface area contributed by atoms with E-state index in [0.717, 1.165) is 0 Å². The van der Waals surface area contributed by atoms with Crippen molar-refractivity contribution in [2.75, 3.05) is 20.2 Å². The van der Waals surface area contributed by atoms with Gasteiger partial charge in [-0.05, 0) is 12.5 Å². The minimum atomic E-state index is -3.56. The van der Waals surface area contributed by atoms with Gasteiger partial charge in [-0.2, -0.15) is 9.40 Å². The summed E-state index contributed by atoms with van der Waals surface area (Å²) in [6.07, 6.45) is 1.86. The lowest BCUT2D eigenvalue weighted by Crippen LogP contribution is -2.30. The predicted molar refractivity (Wildman–Crippen MR) is 57.5 cm³/mol. The highest BCUT2D eigenvalue weighted by Crippen LogP contribution is 2.23. The third-order valence-corrected chi connectivity index (χ3v) is 4.57. The van der Waals surface area contributed by atoms with E-state index in [-0.39, 0.29) is 23.5 Å². The van der Waals surface area contributed by atoms with Crippen LogP contribution in [0.3, 0.4) is 0 Å². The second-order valence-corrected chi connectivity index (χ2v) is 5.70. The number of nitrogens with zero attached hydrogens (tertiary/aromatic N) is 2. The smallest absolute Gasteiger partial charge is 0.310 e. The Morgan fingerprint density at radius 3 is 3.00 bits per heavy atom. The van der Waals surface area contributed by atoms with Crippen LogP contribution in [0.15, 0.2) is 17.3 Å². The average molecular weight is 259 g/mol. The molecule has 1 atom stereocenters. The van der Waals surface area contributed by atoms with E-state index in [1.807, 2.05) is 0 Å². The molecule has 94 valence electrons. The quantitative estimate of drug-likeness (QED) is 0.745. The van der Waals surface area contributed by atoms with E-state index in [1.54, 1.807) is 0 Å². The first kappa shape index (κ1) is 12.1. The first-order valence-corrected chi connectivity index (χ1v) is 6.57. The minimum Gasteiger partial charge on any atom is -0.469 e. The number of nitrogens with one attached hydrogen (secondary N) is 1. The summed E-state index contributed by atoms with van der Waals surface area (Å²) in [7, 11) is -2.26. The Hall–Kier alpha value is -1.41. The largest absolute Gasteiger partial charge is 0.469 e. The molecule has 8 heteroatoms. The van der Waals surface area contributed by atoms with Crippen LogP contribution < -0.4 is 0 Å². The normalized spacial score (nSPS) is 21.6. The molecule has 0 saturated carbocycles. The molecule has 0 spiro atoms. The molecule has 1 saturated heterocycles. The standard InChI is InChI=1S/C9H13N3O4S/c1-16-9(13)7-3-5-12(6-7)17(14,15)8-2-4-10-11-8/h2,4,7H,3,5-6H2,1H3,(H,10,11). The summed E-state index contributed by atoms with van der Waals surface area (Å²) >= 11 is 0. The fraction of sp³-hybridized carbons (Fsp3) is 0.556. The highest BCUT2D eigenvalue weighted by molar-refractivity contribution is 7.89. The van der Waals surface area contributed by atoms with E-state index in [4.69, 9.17) is 0 Å². The summed E-state index contributed by atoms with van der Waals surface area (Å²) < 4.78 is 30.0. The van der Waals surface area contributed by atoms with Gasteiger partial charge >= 0.3 is 5.97 Å². The summed E-state index contributed by atoms with van der Waals surface area (Å²) in [4.78, 5) is 11.3. The van der Waals surface area contributed by atoms with Crippen molar-refractivity contribution in [3.63, 3.8) is 0 Å². The molecule has 0 bridgehead atoms. The van der Waals surface area contributed by atoms with Gasteiger partial charge in [0.1, 0.15) is 0 Å². The highest BCUT2D eigenvalue weighted by atomic mass is 32.2. The number of sulfonamides is 1. The average Bonchev–Trinajstić information content (AvgIpc) is 2.98. The van der Waals surface area contributed by atoms with Gasteiger partial charge in [-0.25, -0.2) is 8.42 Å². The fourth-order valence-corrected chi connectivity index (χ4v) is 3.23. The third kappa shape index (κ3) is 2.18.